The minimum Gasteiger partial charge on any atom is -0.508 e. The summed E-state index contributed by atoms with van der Waals surface area (Å²) >= 11 is 4.42. The molecule has 0 aliphatic carbocycles. The zero-order valence-corrected chi connectivity index (χ0v) is 35.1. The molecule has 2 aliphatic rings. The lowest BCUT2D eigenvalue weighted by Crippen LogP contribution is -2.27. The minimum absolute atomic E-state index is 0.00476. The van der Waals surface area contributed by atoms with E-state index in [9.17, 15) is 19.8 Å². The molecule has 2 amide bonds. The molecular formula is C43H28N8O6S4. The molecule has 300 valence electrons. The number of amides is 2. The van der Waals surface area contributed by atoms with Gasteiger partial charge in [0.25, 0.3) is 11.8 Å². The normalized spacial score (nSPS) is 15.9. The van der Waals surface area contributed by atoms with Gasteiger partial charge in [0.05, 0.1) is 33.5 Å². The summed E-state index contributed by atoms with van der Waals surface area (Å²) in [6, 6.07) is 21.1. The van der Waals surface area contributed by atoms with Gasteiger partial charge < -0.3 is 19.0 Å². The van der Waals surface area contributed by atoms with Crippen LogP contribution in [0.2, 0.25) is 0 Å². The summed E-state index contributed by atoms with van der Waals surface area (Å²) in [6.45, 7) is 3.94. The molecule has 2 aliphatic heterocycles. The summed E-state index contributed by atoms with van der Waals surface area (Å²) in [5, 5.41) is 57.5. The largest absolute Gasteiger partial charge is 0.508 e. The Labute approximate surface area is 361 Å². The van der Waals surface area contributed by atoms with Crippen LogP contribution in [0, 0.1) is 24.7 Å². The number of nitrogens with zero attached hydrogens (tertiary/aromatic N) is 6. The van der Waals surface area contributed by atoms with E-state index in [0.29, 0.717) is 59.7 Å². The van der Waals surface area contributed by atoms with Crippen LogP contribution in [0.15, 0.2) is 104 Å². The van der Waals surface area contributed by atoms with E-state index >= 15 is 0 Å². The van der Waals surface area contributed by atoms with Gasteiger partial charge in [0.1, 0.15) is 22.7 Å². The lowest BCUT2D eigenvalue weighted by Gasteiger charge is -2.09. The maximum Gasteiger partial charge on any atom is 0.273 e. The molecule has 10 rings (SSSR count). The third-order valence-electron chi connectivity index (χ3n) is 9.96. The number of aromatic hydroxyl groups is 2. The lowest BCUT2D eigenvalue weighted by molar-refractivity contribution is -0.114. The number of rotatable bonds is 8. The summed E-state index contributed by atoms with van der Waals surface area (Å²) in [6.07, 6.45) is 7.23. The summed E-state index contributed by atoms with van der Waals surface area (Å²) in [4.78, 5) is 30.2. The molecule has 0 unspecified atom stereocenters. The van der Waals surface area contributed by atoms with E-state index in [1.165, 1.54) is 56.7 Å². The Balaban J connectivity index is 0.959. The van der Waals surface area contributed by atoms with Crippen molar-refractivity contribution >= 4 is 113 Å². The van der Waals surface area contributed by atoms with Crippen molar-refractivity contribution in [2.45, 2.75) is 20.3 Å². The summed E-state index contributed by atoms with van der Waals surface area (Å²) < 4.78 is 12.1. The highest BCUT2D eigenvalue weighted by molar-refractivity contribution is 8.19. The number of hydrogen-bond donors (Lipinski definition) is 4. The first kappa shape index (κ1) is 38.3. The van der Waals surface area contributed by atoms with E-state index in [4.69, 9.17) is 19.7 Å². The number of amidine groups is 2. The van der Waals surface area contributed by atoms with Gasteiger partial charge in [-0.05, 0) is 138 Å². The highest BCUT2D eigenvalue weighted by Gasteiger charge is 2.37. The number of hydrogen-bond acceptors (Lipinski definition) is 16. The molecular weight excluding hydrogens is 853 g/mol. The summed E-state index contributed by atoms with van der Waals surface area (Å²) in [5.41, 5.74) is 7.83. The van der Waals surface area contributed by atoms with Gasteiger partial charge in [-0.3, -0.25) is 20.4 Å². The van der Waals surface area contributed by atoms with Gasteiger partial charge >= 0.3 is 0 Å². The van der Waals surface area contributed by atoms with Crippen LogP contribution in [0.1, 0.15) is 33.4 Å². The number of aromatic nitrogens is 4. The van der Waals surface area contributed by atoms with E-state index in [1.807, 2.05) is 26.0 Å². The zero-order chi connectivity index (χ0) is 42.1. The molecule has 8 aromatic rings. The molecule has 6 heterocycles. The smallest absolute Gasteiger partial charge is 0.273 e. The van der Waals surface area contributed by atoms with Crippen molar-refractivity contribution in [3.63, 3.8) is 0 Å². The van der Waals surface area contributed by atoms with Crippen molar-refractivity contribution in [2.24, 2.45) is 0 Å². The number of phenols is 2. The average molecular weight is 881 g/mol. The molecule has 4 N–H and O–H groups in total. The predicted molar refractivity (Wildman–Crippen MR) is 240 cm³/mol. The van der Waals surface area contributed by atoms with E-state index in [-0.39, 0.29) is 32.1 Å². The summed E-state index contributed by atoms with van der Waals surface area (Å²) in [7, 11) is 0. The third-order valence-corrected chi connectivity index (χ3v) is 13.6. The van der Waals surface area contributed by atoms with Crippen molar-refractivity contribution in [1.29, 1.82) is 10.8 Å². The first-order chi connectivity index (χ1) is 29.5. The Kier molecular flexibility index (Phi) is 9.43. The number of aryl methyl sites for hydroxylation is 2. The van der Waals surface area contributed by atoms with Crippen molar-refractivity contribution in [3.8, 4) is 32.6 Å². The molecule has 0 saturated carbocycles. The Morgan fingerprint density at radius 2 is 1.03 bits per heavy atom. The average Bonchev–Trinajstić information content (AvgIpc) is 4.12. The molecule has 0 atom stereocenters. The fraction of sp³-hybridized carbons (Fsp3) is 0.0698. The van der Waals surface area contributed by atoms with E-state index in [2.05, 4.69) is 32.5 Å². The van der Waals surface area contributed by atoms with Crippen LogP contribution in [-0.4, -0.2) is 52.8 Å². The maximum absolute atomic E-state index is 13.5. The van der Waals surface area contributed by atoms with Crippen molar-refractivity contribution < 1.29 is 28.6 Å². The van der Waals surface area contributed by atoms with Gasteiger partial charge in [0.15, 0.2) is 20.4 Å². The Bertz CT molecular complexity index is 3000. The molecule has 4 aromatic carbocycles. The van der Waals surface area contributed by atoms with Gasteiger partial charge in [-0.15, -0.1) is 20.4 Å². The van der Waals surface area contributed by atoms with Crippen LogP contribution in [-0.2, 0) is 16.0 Å². The van der Waals surface area contributed by atoms with Crippen molar-refractivity contribution in [2.75, 3.05) is 9.80 Å². The van der Waals surface area contributed by atoms with Crippen LogP contribution in [0.3, 0.4) is 0 Å². The fourth-order valence-electron chi connectivity index (χ4n) is 6.99. The number of carbonyl (C=O) groups is 2. The van der Waals surface area contributed by atoms with E-state index in [0.717, 1.165) is 56.6 Å². The quantitative estimate of drug-likeness (QED) is 0.105. The molecule has 0 bridgehead atoms. The molecule has 18 heteroatoms. The Hall–Kier alpha value is -6.86. The van der Waals surface area contributed by atoms with Gasteiger partial charge in [0, 0.05) is 10.8 Å². The lowest BCUT2D eigenvalue weighted by atomic mass is 9.97. The molecule has 2 fully saturated rings. The highest BCUT2D eigenvalue weighted by Crippen LogP contribution is 2.43. The second kappa shape index (κ2) is 15.0. The third kappa shape index (κ3) is 6.98. The molecule has 4 aromatic heterocycles. The number of benzene rings is 4. The van der Waals surface area contributed by atoms with Crippen LogP contribution in [0.25, 0.3) is 55.2 Å². The molecule has 0 spiro atoms. The number of furan rings is 2. The standard InChI is InChI=1S/C43H28N8O6S4/c1-20-18-56-34-28(20)12-24(14-30(34)36-46-48-42(60-36)50-38(54)32(58-40(50)44)16-22-3-7-26(52)8-4-22)11-25-13-29-21(2)19-57-35(29)31(15-25)37-47-49-43(61-37)51-39(55)33(59-41(51)45)17-23-5-9-27(53)10-6-23/h3-10,12-19,44-45,52-53H,11H2,1-2H3/b32-16-,33-17-,44-40?,45-41?. The number of fused-ring (bicyclic) bond motifs is 2. The van der Waals surface area contributed by atoms with Gasteiger partial charge in [-0.1, -0.05) is 46.9 Å². The molecule has 14 nitrogen and oxygen atoms in total. The first-order valence-corrected chi connectivity index (χ1v) is 21.7. The van der Waals surface area contributed by atoms with Crippen LogP contribution in [0.5, 0.6) is 11.5 Å². The number of phenolic OH excluding ortho intramolecular Hbond substituents is 2. The summed E-state index contributed by atoms with van der Waals surface area (Å²) in [5.74, 6) is -0.547. The van der Waals surface area contributed by atoms with E-state index < -0.39 is 11.8 Å². The zero-order valence-electron chi connectivity index (χ0n) is 31.8. The van der Waals surface area contributed by atoms with Crippen LogP contribution in [0.4, 0.5) is 10.3 Å². The second-order valence-electron chi connectivity index (χ2n) is 14.1. The van der Waals surface area contributed by atoms with Gasteiger partial charge in [-0.25, -0.2) is 9.80 Å². The van der Waals surface area contributed by atoms with Crippen molar-refractivity contribution in [3.05, 3.63) is 129 Å². The second-order valence-corrected chi connectivity index (χ2v) is 18.1. The number of carbonyl (C=O) groups excluding carboxylic acids is 2. The monoisotopic (exact) mass is 880 g/mol. The van der Waals surface area contributed by atoms with Gasteiger partial charge in [0.2, 0.25) is 10.3 Å². The molecule has 2 saturated heterocycles. The maximum atomic E-state index is 13.5. The Morgan fingerprint density at radius 1 is 0.623 bits per heavy atom. The molecule has 61 heavy (non-hydrogen) atoms. The first-order valence-electron chi connectivity index (χ1n) is 18.4. The number of thioether (sulfide) groups is 2. The SMILES string of the molecule is Cc1coc2c(-c3nnc(N4C(=N)S/C(=C\c5ccc(O)cc5)C4=O)s3)cc(Cc3cc(-c4nnc(N5C(=N)S/C(=C\c6ccc(O)cc6)C5=O)s4)c4occ(C)c4c3)cc12. The van der Waals surface area contributed by atoms with E-state index in [1.54, 1.807) is 48.9 Å². The molecule has 0 radical (unpaired) electrons. The highest BCUT2D eigenvalue weighted by atomic mass is 32.2. The predicted octanol–water partition coefficient (Wildman–Crippen LogP) is 9.95. The van der Waals surface area contributed by atoms with Crippen LogP contribution < -0.4 is 9.80 Å². The topological polar surface area (TPSA) is 207 Å². The Morgan fingerprint density at radius 3 is 1.44 bits per heavy atom. The number of anilines is 2. The minimum atomic E-state index is -0.391. The number of nitrogens with one attached hydrogen (secondary N) is 2. The van der Waals surface area contributed by atoms with Crippen molar-refractivity contribution in [1.82, 2.24) is 20.4 Å². The fourth-order valence-corrected chi connectivity index (χ4v) is 10.5. The van der Waals surface area contributed by atoms with Crippen LogP contribution >= 0.6 is 46.2 Å². The van der Waals surface area contributed by atoms with Gasteiger partial charge in [-0.2, -0.15) is 0 Å².